The first-order valence-corrected chi connectivity index (χ1v) is 11.1. The van der Waals surface area contributed by atoms with Crippen molar-refractivity contribution < 1.29 is 17.9 Å². The van der Waals surface area contributed by atoms with Crippen molar-refractivity contribution >= 4 is 21.8 Å². The number of methoxy groups -OCH3 is 1. The molecule has 1 amide bonds. The predicted octanol–water partition coefficient (Wildman–Crippen LogP) is 3.23. The normalized spacial score (nSPS) is 18.3. The van der Waals surface area contributed by atoms with E-state index in [2.05, 4.69) is 0 Å². The first kappa shape index (κ1) is 20.1. The van der Waals surface area contributed by atoms with Crippen LogP contribution in [0.5, 0.6) is 5.75 Å². The third-order valence-electron chi connectivity index (χ3n) is 4.92. The molecule has 1 saturated heterocycles. The van der Waals surface area contributed by atoms with E-state index in [1.54, 1.807) is 18.1 Å². The molecule has 1 fully saturated rings. The van der Waals surface area contributed by atoms with Gasteiger partial charge in [0.05, 0.1) is 18.6 Å². The van der Waals surface area contributed by atoms with Crippen LogP contribution >= 0.6 is 0 Å². The van der Waals surface area contributed by atoms with Gasteiger partial charge in [-0.05, 0) is 42.7 Å². The van der Waals surface area contributed by atoms with Crippen LogP contribution in [0, 0.1) is 6.92 Å². The summed E-state index contributed by atoms with van der Waals surface area (Å²) in [6.45, 7) is 2.35. The molecule has 148 valence electrons. The molecule has 28 heavy (non-hydrogen) atoms. The summed E-state index contributed by atoms with van der Waals surface area (Å²) in [5.41, 5.74) is 2.99. The van der Waals surface area contributed by atoms with E-state index in [1.165, 1.54) is 6.08 Å². The lowest BCUT2D eigenvalue weighted by atomic mass is 10.1. The lowest BCUT2D eigenvalue weighted by Gasteiger charge is -2.27. The van der Waals surface area contributed by atoms with E-state index in [0.29, 0.717) is 18.7 Å². The smallest absolute Gasteiger partial charge is 0.247 e. The molecule has 2 aromatic rings. The van der Waals surface area contributed by atoms with Gasteiger partial charge in [0.25, 0.3) is 0 Å². The van der Waals surface area contributed by atoms with Gasteiger partial charge in [0, 0.05) is 18.7 Å². The Morgan fingerprint density at radius 1 is 1.21 bits per heavy atom. The number of sulfone groups is 1. The standard InChI is InChI=1S/C22H25NO4S/c1-17-6-8-18(9-7-17)10-11-22(24)23(20-12-13-28(25,26)16-20)15-19-4-3-5-21(14-19)27-2/h3-11,14,20H,12-13,15-16H2,1-2H3. The monoisotopic (exact) mass is 399 g/mol. The van der Waals surface area contributed by atoms with Gasteiger partial charge in [-0.25, -0.2) is 8.42 Å². The quantitative estimate of drug-likeness (QED) is 0.700. The molecule has 1 atom stereocenters. The molecule has 1 heterocycles. The summed E-state index contributed by atoms with van der Waals surface area (Å²) in [5.74, 6) is 0.659. The van der Waals surface area contributed by atoms with Crippen LogP contribution in [0.1, 0.15) is 23.1 Å². The van der Waals surface area contributed by atoms with Crippen molar-refractivity contribution in [2.24, 2.45) is 0 Å². The minimum atomic E-state index is -3.09. The zero-order chi connectivity index (χ0) is 20.1. The van der Waals surface area contributed by atoms with Crippen molar-refractivity contribution in [3.63, 3.8) is 0 Å². The lowest BCUT2D eigenvalue weighted by Crippen LogP contribution is -2.39. The van der Waals surface area contributed by atoms with Gasteiger partial charge >= 0.3 is 0 Å². The lowest BCUT2D eigenvalue weighted by molar-refractivity contribution is -0.128. The van der Waals surface area contributed by atoms with Crippen LogP contribution in [0.3, 0.4) is 0 Å². The second-order valence-corrected chi connectivity index (χ2v) is 9.35. The number of amides is 1. The van der Waals surface area contributed by atoms with Crippen LogP contribution in [0.15, 0.2) is 54.6 Å². The zero-order valence-corrected chi connectivity index (χ0v) is 17.0. The van der Waals surface area contributed by atoms with Crippen LogP contribution in [-0.4, -0.2) is 43.9 Å². The highest BCUT2D eigenvalue weighted by atomic mass is 32.2. The maximum atomic E-state index is 13.0. The maximum absolute atomic E-state index is 13.0. The van der Waals surface area contributed by atoms with E-state index in [0.717, 1.165) is 16.7 Å². The van der Waals surface area contributed by atoms with Crippen LogP contribution in [-0.2, 0) is 21.2 Å². The molecule has 3 rings (SSSR count). The zero-order valence-electron chi connectivity index (χ0n) is 16.2. The fourth-order valence-electron chi connectivity index (χ4n) is 3.32. The molecule has 0 aromatic heterocycles. The molecule has 1 aliphatic rings. The van der Waals surface area contributed by atoms with Crippen molar-refractivity contribution in [1.82, 2.24) is 4.90 Å². The van der Waals surface area contributed by atoms with Crippen molar-refractivity contribution in [1.29, 1.82) is 0 Å². The topological polar surface area (TPSA) is 63.7 Å². The Kier molecular flexibility index (Phi) is 6.19. The number of rotatable bonds is 6. The molecule has 0 spiro atoms. The van der Waals surface area contributed by atoms with Crippen molar-refractivity contribution in [3.05, 3.63) is 71.3 Å². The van der Waals surface area contributed by atoms with E-state index in [-0.39, 0.29) is 23.5 Å². The van der Waals surface area contributed by atoms with Gasteiger partial charge in [-0.2, -0.15) is 0 Å². The van der Waals surface area contributed by atoms with Gasteiger partial charge < -0.3 is 9.64 Å². The van der Waals surface area contributed by atoms with E-state index in [4.69, 9.17) is 4.74 Å². The van der Waals surface area contributed by atoms with Gasteiger partial charge in [0.1, 0.15) is 5.75 Å². The van der Waals surface area contributed by atoms with Crippen LogP contribution < -0.4 is 4.74 Å². The highest BCUT2D eigenvalue weighted by molar-refractivity contribution is 7.91. The van der Waals surface area contributed by atoms with Gasteiger partial charge in [0.15, 0.2) is 9.84 Å². The minimum Gasteiger partial charge on any atom is -0.497 e. The van der Waals surface area contributed by atoms with Crippen LogP contribution in [0.25, 0.3) is 6.08 Å². The molecule has 1 aliphatic heterocycles. The third-order valence-corrected chi connectivity index (χ3v) is 6.67. The highest BCUT2D eigenvalue weighted by Gasteiger charge is 2.34. The van der Waals surface area contributed by atoms with E-state index < -0.39 is 9.84 Å². The van der Waals surface area contributed by atoms with Crippen molar-refractivity contribution in [3.8, 4) is 5.75 Å². The number of hydrogen-bond donors (Lipinski definition) is 0. The summed E-state index contributed by atoms with van der Waals surface area (Å²) < 4.78 is 29.2. The number of carbonyl (C=O) groups is 1. The number of benzene rings is 2. The summed E-state index contributed by atoms with van der Waals surface area (Å²) in [7, 11) is -1.50. The first-order chi connectivity index (χ1) is 13.4. The van der Waals surface area contributed by atoms with Gasteiger partial charge in [-0.1, -0.05) is 42.0 Å². The summed E-state index contributed by atoms with van der Waals surface area (Å²) in [5, 5.41) is 0. The largest absolute Gasteiger partial charge is 0.497 e. The van der Waals surface area contributed by atoms with Crippen molar-refractivity contribution in [2.75, 3.05) is 18.6 Å². The fraction of sp³-hybridized carbons (Fsp3) is 0.318. The number of aryl methyl sites for hydroxylation is 1. The molecule has 0 saturated carbocycles. The summed E-state index contributed by atoms with van der Waals surface area (Å²) in [4.78, 5) is 14.6. The van der Waals surface area contributed by atoms with Crippen LogP contribution in [0.4, 0.5) is 0 Å². The van der Waals surface area contributed by atoms with Gasteiger partial charge in [-0.3, -0.25) is 4.79 Å². The Morgan fingerprint density at radius 3 is 2.61 bits per heavy atom. The maximum Gasteiger partial charge on any atom is 0.247 e. The molecule has 1 unspecified atom stereocenters. The Balaban J connectivity index is 1.82. The summed E-state index contributed by atoms with van der Waals surface area (Å²) >= 11 is 0. The molecule has 0 aliphatic carbocycles. The molecule has 0 N–H and O–H groups in total. The molecular formula is C22H25NO4S. The Morgan fingerprint density at radius 2 is 1.96 bits per heavy atom. The van der Waals surface area contributed by atoms with Crippen molar-refractivity contribution in [2.45, 2.75) is 25.9 Å². The minimum absolute atomic E-state index is 0.0150. The second-order valence-electron chi connectivity index (χ2n) is 7.12. The number of nitrogens with zero attached hydrogens (tertiary/aromatic N) is 1. The Labute approximate surface area is 166 Å². The van der Waals surface area contributed by atoms with Gasteiger partial charge in [0.2, 0.25) is 5.91 Å². The van der Waals surface area contributed by atoms with E-state index >= 15 is 0 Å². The molecule has 5 nitrogen and oxygen atoms in total. The average molecular weight is 400 g/mol. The van der Waals surface area contributed by atoms with Crippen LogP contribution in [0.2, 0.25) is 0 Å². The fourth-order valence-corrected chi connectivity index (χ4v) is 5.05. The Bertz CT molecular complexity index is 964. The SMILES string of the molecule is COc1cccc(CN(C(=O)C=Cc2ccc(C)cc2)C2CCS(=O)(=O)C2)c1. The third kappa shape index (κ3) is 5.23. The molecule has 0 radical (unpaired) electrons. The van der Waals surface area contributed by atoms with E-state index in [1.807, 2.05) is 55.5 Å². The first-order valence-electron chi connectivity index (χ1n) is 9.25. The number of hydrogen-bond acceptors (Lipinski definition) is 4. The summed E-state index contributed by atoms with van der Waals surface area (Å²) in [6.07, 6.45) is 3.76. The second kappa shape index (κ2) is 8.61. The van der Waals surface area contributed by atoms with E-state index in [9.17, 15) is 13.2 Å². The number of ether oxygens (including phenoxy) is 1. The Hall–Kier alpha value is -2.60. The number of carbonyl (C=O) groups excluding carboxylic acids is 1. The molecular weight excluding hydrogens is 374 g/mol. The summed E-state index contributed by atoms with van der Waals surface area (Å²) in [6, 6.07) is 15.0. The predicted molar refractivity (Wildman–Crippen MR) is 111 cm³/mol. The molecule has 2 aromatic carbocycles. The van der Waals surface area contributed by atoms with Gasteiger partial charge in [-0.15, -0.1) is 0 Å². The average Bonchev–Trinajstić information content (AvgIpc) is 3.05. The highest BCUT2D eigenvalue weighted by Crippen LogP contribution is 2.22. The molecule has 0 bridgehead atoms. The molecule has 6 heteroatoms.